The smallest absolute Gasteiger partial charge is 0.190 e. The molecule has 2 aromatic carbocycles. The Morgan fingerprint density at radius 3 is 2.35 bits per heavy atom. The van der Waals surface area contributed by atoms with E-state index >= 15 is 0 Å². The van der Waals surface area contributed by atoms with E-state index in [2.05, 4.69) is 4.98 Å². The van der Waals surface area contributed by atoms with Crippen molar-refractivity contribution < 1.29 is 4.39 Å². The molecule has 0 saturated heterocycles. The molecule has 0 aliphatic heterocycles. The Balaban J connectivity index is 2.24. The molecule has 0 atom stereocenters. The van der Waals surface area contributed by atoms with Gasteiger partial charge in [0.1, 0.15) is 10.5 Å². The lowest BCUT2D eigenvalue weighted by atomic mass is 10.2. The van der Waals surface area contributed by atoms with Gasteiger partial charge in [-0.25, -0.2) is 4.39 Å². The number of pyridine rings is 1. The normalized spacial score (nSPS) is 11.0. The third-order valence-corrected chi connectivity index (χ3v) is 5.07. The average Bonchev–Trinajstić information content (AvgIpc) is 2.66. The lowest BCUT2D eigenvalue weighted by Gasteiger charge is -2.17. The van der Waals surface area contributed by atoms with Gasteiger partial charge in [-0.2, -0.15) is 0 Å². The van der Waals surface area contributed by atoms with Crippen LogP contribution >= 0.6 is 36.0 Å². The molecule has 4 aromatic rings. The van der Waals surface area contributed by atoms with Gasteiger partial charge in [0, 0.05) is 17.3 Å². The van der Waals surface area contributed by atoms with Gasteiger partial charge in [0.05, 0.1) is 22.4 Å². The zero-order valence-corrected chi connectivity index (χ0v) is 15.7. The number of hydrogen-bond acceptors (Lipinski definition) is 3. The number of fused-ring (bicyclic) bond motifs is 1. The van der Waals surface area contributed by atoms with Gasteiger partial charge in [-0.3, -0.25) is 14.1 Å². The quantitative estimate of drug-likeness (QED) is 0.382. The van der Waals surface area contributed by atoms with E-state index in [9.17, 15) is 4.39 Å². The van der Waals surface area contributed by atoms with Crippen molar-refractivity contribution in [3.05, 3.63) is 87.2 Å². The van der Waals surface area contributed by atoms with Crippen molar-refractivity contribution >= 4 is 46.9 Å². The van der Waals surface area contributed by atoms with Crippen molar-refractivity contribution in [2.75, 3.05) is 0 Å². The summed E-state index contributed by atoms with van der Waals surface area (Å²) in [6.45, 7) is 0. The van der Waals surface area contributed by atoms with E-state index in [-0.39, 0.29) is 5.02 Å². The SMILES string of the molecule is Fc1cc2c(=S)n(-c3cccnc3)c(=S)n(-c3ccccc3)c2cc1Cl. The second-order valence-electron chi connectivity index (χ2n) is 5.59. The van der Waals surface area contributed by atoms with Crippen molar-refractivity contribution in [1.29, 1.82) is 0 Å². The summed E-state index contributed by atoms with van der Waals surface area (Å²) in [5.41, 5.74) is 2.19. The zero-order chi connectivity index (χ0) is 18.3. The molecule has 26 heavy (non-hydrogen) atoms. The standard InChI is InChI=1S/C19H11ClFN3S2/c20-15-10-17-14(9-16(15)21)18(25)24(13-7-4-8-22-11-13)19(26)23(17)12-5-2-1-3-6-12/h1-11H. The van der Waals surface area contributed by atoms with Crippen LogP contribution in [0.2, 0.25) is 5.02 Å². The molecule has 7 heteroatoms. The monoisotopic (exact) mass is 399 g/mol. The number of para-hydroxylation sites is 1. The lowest BCUT2D eigenvalue weighted by Crippen LogP contribution is -2.10. The molecule has 0 aliphatic carbocycles. The Morgan fingerprint density at radius 2 is 1.65 bits per heavy atom. The Morgan fingerprint density at radius 1 is 0.923 bits per heavy atom. The van der Waals surface area contributed by atoms with Gasteiger partial charge in [-0.1, -0.05) is 42.0 Å². The minimum Gasteiger partial charge on any atom is -0.286 e. The Kier molecular flexibility index (Phi) is 4.40. The van der Waals surface area contributed by atoms with Crippen LogP contribution in [0.3, 0.4) is 0 Å². The number of rotatable bonds is 2. The van der Waals surface area contributed by atoms with Crippen LogP contribution in [0.5, 0.6) is 0 Å². The first-order valence-corrected chi connectivity index (χ1v) is 8.90. The highest BCUT2D eigenvalue weighted by molar-refractivity contribution is 7.72. The van der Waals surface area contributed by atoms with E-state index in [1.807, 2.05) is 41.0 Å². The van der Waals surface area contributed by atoms with Gasteiger partial charge < -0.3 is 0 Å². The van der Waals surface area contributed by atoms with Gasteiger partial charge in [-0.15, -0.1) is 0 Å². The van der Waals surface area contributed by atoms with Crippen LogP contribution in [-0.4, -0.2) is 14.1 Å². The topological polar surface area (TPSA) is 22.8 Å². The van der Waals surface area contributed by atoms with Gasteiger partial charge in [-0.05, 0) is 48.6 Å². The molecule has 4 rings (SSSR count). The first-order valence-electron chi connectivity index (χ1n) is 7.70. The summed E-state index contributed by atoms with van der Waals surface area (Å²) < 4.78 is 18.6. The summed E-state index contributed by atoms with van der Waals surface area (Å²) in [5.74, 6) is -0.528. The molecule has 0 amide bonds. The second kappa shape index (κ2) is 6.72. The number of halogens is 2. The van der Waals surface area contributed by atoms with Gasteiger partial charge in [0.2, 0.25) is 0 Å². The highest BCUT2D eigenvalue weighted by Gasteiger charge is 2.14. The highest BCUT2D eigenvalue weighted by Crippen LogP contribution is 2.28. The summed E-state index contributed by atoms with van der Waals surface area (Å²) >= 11 is 17.4. The zero-order valence-electron chi connectivity index (χ0n) is 13.3. The third kappa shape index (κ3) is 2.76. The van der Waals surface area contributed by atoms with Crippen molar-refractivity contribution in [1.82, 2.24) is 14.1 Å². The van der Waals surface area contributed by atoms with Crippen molar-refractivity contribution in [2.45, 2.75) is 0 Å². The first-order chi connectivity index (χ1) is 12.6. The van der Waals surface area contributed by atoms with Gasteiger partial charge >= 0.3 is 0 Å². The maximum absolute atomic E-state index is 14.2. The molecule has 0 fully saturated rings. The Hall–Kier alpha value is -2.41. The Bertz CT molecular complexity index is 1240. The maximum atomic E-state index is 14.2. The van der Waals surface area contributed by atoms with Crippen LogP contribution in [0.15, 0.2) is 67.0 Å². The summed E-state index contributed by atoms with van der Waals surface area (Å²) in [6, 6.07) is 16.1. The first kappa shape index (κ1) is 17.0. The highest BCUT2D eigenvalue weighted by atomic mass is 35.5. The van der Waals surface area contributed by atoms with Crippen LogP contribution in [0.1, 0.15) is 0 Å². The molecule has 128 valence electrons. The fourth-order valence-electron chi connectivity index (χ4n) is 2.84. The molecule has 0 saturated carbocycles. The molecule has 3 nitrogen and oxygen atoms in total. The van der Waals surface area contributed by atoms with E-state index in [0.29, 0.717) is 26.0 Å². The fraction of sp³-hybridized carbons (Fsp3) is 0. The number of aromatic nitrogens is 3. The number of benzene rings is 2. The van der Waals surface area contributed by atoms with E-state index in [1.165, 1.54) is 6.07 Å². The summed E-state index contributed by atoms with van der Waals surface area (Å²) in [6.07, 6.45) is 3.33. The van der Waals surface area contributed by atoms with Crippen LogP contribution in [0.4, 0.5) is 4.39 Å². The predicted octanol–water partition coefficient (Wildman–Crippen LogP) is 6.07. The van der Waals surface area contributed by atoms with Gasteiger partial charge in [0.25, 0.3) is 0 Å². The number of hydrogen-bond donors (Lipinski definition) is 0. The minimum absolute atomic E-state index is 0.0186. The molecule has 0 unspecified atom stereocenters. The van der Waals surface area contributed by atoms with Crippen LogP contribution in [-0.2, 0) is 0 Å². The predicted molar refractivity (Wildman–Crippen MR) is 107 cm³/mol. The molecule has 0 radical (unpaired) electrons. The Labute approximate surface area is 163 Å². The number of nitrogens with zero attached hydrogens (tertiary/aromatic N) is 3. The molecular weight excluding hydrogens is 389 g/mol. The largest absolute Gasteiger partial charge is 0.286 e. The van der Waals surface area contributed by atoms with E-state index in [4.69, 9.17) is 36.0 Å². The molecule has 0 aliphatic rings. The molecule has 0 bridgehead atoms. The van der Waals surface area contributed by atoms with Crippen molar-refractivity contribution in [2.24, 2.45) is 0 Å². The van der Waals surface area contributed by atoms with Crippen LogP contribution in [0.25, 0.3) is 22.3 Å². The lowest BCUT2D eigenvalue weighted by molar-refractivity contribution is 0.629. The van der Waals surface area contributed by atoms with Gasteiger partial charge in [0.15, 0.2) is 4.77 Å². The van der Waals surface area contributed by atoms with Crippen LogP contribution in [0, 0.1) is 15.2 Å². The molecule has 0 spiro atoms. The molecule has 0 N–H and O–H groups in total. The molecule has 2 aromatic heterocycles. The van der Waals surface area contributed by atoms with Crippen molar-refractivity contribution in [3.8, 4) is 11.4 Å². The fourth-order valence-corrected chi connectivity index (χ4v) is 3.81. The van der Waals surface area contributed by atoms with E-state index < -0.39 is 5.82 Å². The average molecular weight is 400 g/mol. The summed E-state index contributed by atoms with van der Waals surface area (Å²) in [7, 11) is 0. The third-order valence-electron chi connectivity index (χ3n) is 4.01. The van der Waals surface area contributed by atoms with E-state index in [0.717, 1.165) is 5.69 Å². The van der Waals surface area contributed by atoms with Crippen molar-refractivity contribution in [3.63, 3.8) is 0 Å². The van der Waals surface area contributed by atoms with Crippen LogP contribution < -0.4 is 0 Å². The maximum Gasteiger partial charge on any atom is 0.190 e. The molecule has 2 heterocycles. The molecular formula is C19H11ClFN3S2. The summed E-state index contributed by atoms with van der Waals surface area (Å²) in [4.78, 5) is 4.14. The van der Waals surface area contributed by atoms with E-state index in [1.54, 1.807) is 29.1 Å². The second-order valence-corrected chi connectivity index (χ2v) is 6.75. The summed E-state index contributed by atoms with van der Waals surface area (Å²) in [5, 5.41) is 0.563. The minimum atomic E-state index is -0.528.